The molecule has 1 atom stereocenters. The van der Waals surface area contributed by atoms with Crippen LogP contribution in [0.1, 0.15) is 29.4 Å². The van der Waals surface area contributed by atoms with Gasteiger partial charge in [-0.25, -0.2) is 0 Å². The quantitative estimate of drug-likeness (QED) is 0.778. The van der Waals surface area contributed by atoms with E-state index in [0.29, 0.717) is 17.0 Å². The van der Waals surface area contributed by atoms with E-state index in [1.54, 1.807) is 12.4 Å². The molecule has 0 bridgehead atoms. The van der Waals surface area contributed by atoms with E-state index in [1.807, 2.05) is 13.0 Å². The number of fused-ring (bicyclic) bond motifs is 1. The zero-order chi connectivity index (χ0) is 13.8. The SMILES string of the molecule is CCC(CCO)NC(=O)c1sc2cnccc2c1N. The van der Waals surface area contributed by atoms with Crippen molar-refractivity contribution in [3.63, 3.8) is 0 Å². The van der Waals surface area contributed by atoms with Crippen LogP contribution in [0.4, 0.5) is 5.69 Å². The first-order valence-electron chi connectivity index (χ1n) is 6.21. The van der Waals surface area contributed by atoms with Crippen molar-refractivity contribution in [3.8, 4) is 0 Å². The number of rotatable bonds is 5. The maximum Gasteiger partial charge on any atom is 0.263 e. The molecule has 19 heavy (non-hydrogen) atoms. The molecule has 0 fully saturated rings. The summed E-state index contributed by atoms with van der Waals surface area (Å²) < 4.78 is 0.903. The van der Waals surface area contributed by atoms with Crippen molar-refractivity contribution in [3.05, 3.63) is 23.3 Å². The number of nitrogens with one attached hydrogen (secondary N) is 1. The molecule has 0 aromatic carbocycles. The highest BCUT2D eigenvalue weighted by Crippen LogP contribution is 2.32. The van der Waals surface area contributed by atoms with Gasteiger partial charge in [0.05, 0.1) is 10.4 Å². The molecule has 0 saturated carbocycles. The van der Waals surface area contributed by atoms with Crippen LogP contribution in [-0.2, 0) is 0 Å². The number of nitrogens with zero attached hydrogens (tertiary/aromatic N) is 1. The van der Waals surface area contributed by atoms with E-state index in [2.05, 4.69) is 10.3 Å². The number of nitrogens with two attached hydrogens (primary N) is 1. The lowest BCUT2D eigenvalue weighted by atomic mass is 10.1. The summed E-state index contributed by atoms with van der Waals surface area (Å²) >= 11 is 1.34. The number of anilines is 1. The molecule has 0 saturated heterocycles. The molecule has 0 aliphatic carbocycles. The fourth-order valence-corrected chi connectivity index (χ4v) is 2.92. The van der Waals surface area contributed by atoms with E-state index in [1.165, 1.54) is 11.3 Å². The summed E-state index contributed by atoms with van der Waals surface area (Å²) in [5.41, 5.74) is 6.50. The van der Waals surface area contributed by atoms with Crippen molar-refractivity contribution in [2.75, 3.05) is 12.3 Å². The molecular formula is C13H17N3O2S. The number of hydrogen-bond acceptors (Lipinski definition) is 5. The number of amides is 1. The maximum absolute atomic E-state index is 12.2. The third-order valence-corrected chi connectivity index (χ3v) is 4.20. The van der Waals surface area contributed by atoms with E-state index in [-0.39, 0.29) is 18.6 Å². The van der Waals surface area contributed by atoms with Crippen LogP contribution >= 0.6 is 11.3 Å². The molecule has 1 amide bonds. The Morgan fingerprint density at radius 3 is 3.05 bits per heavy atom. The number of aliphatic hydroxyl groups excluding tert-OH is 1. The third-order valence-electron chi connectivity index (χ3n) is 3.04. The molecule has 102 valence electrons. The van der Waals surface area contributed by atoms with Gasteiger partial charge in [0.25, 0.3) is 5.91 Å². The van der Waals surface area contributed by atoms with Gasteiger partial charge in [0.15, 0.2) is 0 Å². The number of pyridine rings is 1. The van der Waals surface area contributed by atoms with Gasteiger partial charge in [0, 0.05) is 30.4 Å². The average molecular weight is 279 g/mol. The van der Waals surface area contributed by atoms with Crippen molar-refractivity contribution < 1.29 is 9.90 Å². The van der Waals surface area contributed by atoms with Crippen molar-refractivity contribution in [1.82, 2.24) is 10.3 Å². The Hall–Kier alpha value is -1.66. The second-order valence-corrected chi connectivity index (χ2v) is 5.36. The summed E-state index contributed by atoms with van der Waals surface area (Å²) in [6, 6.07) is 1.78. The summed E-state index contributed by atoms with van der Waals surface area (Å²) in [6.45, 7) is 2.03. The number of aliphatic hydroxyl groups is 1. The molecule has 2 aromatic rings. The van der Waals surface area contributed by atoms with Gasteiger partial charge in [0.2, 0.25) is 0 Å². The van der Waals surface area contributed by atoms with Crippen LogP contribution in [0.25, 0.3) is 10.1 Å². The van der Waals surface area contributed by atoms with Crippen molar-refractivity contribution in [2.45, 2.75) is 25.8 Å². The Morgan fingerprint density at radius 1 is 1.63 bits per heavy atom. The van der Waals surface area contributed by atoms with Gasteiger partial charge in [-0.05, 0) is 18.9 Å². The molecule has 5 nitrogen and oxygen atoms in total. The zero-order valence-electron chi connectivity index (χ0n) is 10.7. The highest BCUT2D eigenvalue weighted by Gasteiger charge is 2.18. The molecule has 0 spiro atoms. The van der Waals surface area contributed by atoms with Gasteiger partial charge in [0.1, 0.15) is 4.88 Å². The van der Waals surface area contributed by atoms with E-state index in [0.717, 1.165) is 16.5 Å². The first-order valence-corrected chi connectivity index (χ1v) is 7.02. The van der Waals surface area contributed by atoms with Crippen LogP contribution in [0.15, 0.2) is 18.5 Å². The Balaban J connectivity index is 2.24. The molecule has 0 aliphatic heterocycles. The Morgan fingerprint density at radius 2 is 2.42 bits per heavy atom. The Labute approximate surface area is 115 Å². The molecule has 6 heteroatoms. The smallest absolute Gasteiger partial charge is 0.263 e. The van der Waals surface area contributed by atoms with Crippen molar-refractivity contribution in [2.24, 2.45) is 0 Å². The van der Waals surface area contributed by atoms with Crippen LogP contribution < -0.4 is 11.1 Å². The number of carbonyl (C=O) groups excluding carboxylic acids is 1. The summed E-state index contributed by atoms with van der Waals surface area (Å²) in [6.07, 6.45) is 4.69. The Kier molecular flexibility index (Phi) is 4.34. The zero-order valence-corrected chi connectivity index (χ0v) is 11.5. The monoisotopic (exact) mass is 279 g/mol. The molecule has 2 heterocycles. The number of nitrogen functional groups attached to an aromatic ring is 1. The predicted molar refractivity (Wildman–Crippen MR) is 77.3 cm³/mol. The van der Waals surface area contributed by atoms with Gasteiger partial charge < -0.3 is 16.2 Å². The molecular weight excluding hydrogens is 262 g/mol. The minimum absolute atomic E-state index is 0.0276. The van der Waals surface area contributed by atoms with Gasteiger partial charge in [-0.1, -0.05) is 6.92 Å². The lowest BCUT2D eigenvalue weighted by Gasteiger charge is -2.15. The first kappa shape index (κ1) is 13.8. The largest absolute Gasteiger partial charge is 0.397 e. The molecule has 2 aromatic heterocycles. The van der Waals surface area contributed by atoms with E-state index >= 15 is 0 Å². The van der Waals surface area contributed by atoms with Crippen molar-refractivity contribution >= 4 is 33.0 Å². The second-order valence-electron chi connectivity index (χ2n) is 4.31. The summed E-state index contributed by atoms with van der Waals surface area (Å²) in [5, 5.41) is 12.7. The lowest BCUT2D eigenvalue weighted by Crippen LogP contribution is -2.34. The Bertz CT molecular complexity index is 582. The van der Waals surface area contributed by atoms with Crippen molar-refractivity contribution in [1.29, 1.82) is 0 Å². The average Bonchev–Trinajstić information content (AvgIpc) is 2.76. The summed E-state index contributed by atoms with van der Waals surface area (Å²) in [4.78, 5) is 16.7. The van der Waals surface area contributed by atoms with Crippen LogP contribution in [0.2, 0.25) is 0 Å². The number of hydrogen-bond donors (Lipinski definition) is 3. The van der Waals surface area contributed by atoms with E-state index < -0.39 is 0 Å². The fourth-order valence-electron chi connectivity index (χ4n) is 1.92. The lowest BCUT2D eigenvalue weighted by molar-refractivity contribution is 0.0934. The molecule has 1 unspecified atom stereocenters. The minimum Gasteiger partial charge on any atom is -0.397 e. The molecule has 0 radical (unpaired) electrons. The van der Waals surface area contributed by atoms with E-state index in [9.17, 15) is 4.79 Å². The fraction of sp³-hybridized carbons (Fsp3) is 0.385. The van der Waals surface area contributed by atoms with Gasteiger partial charge >= 0.3 is 0 Å². The number of aromatic nitrogens is 1. The second kappa shape index (κ2) is 5.99. The maximum atomic E-state index is 12.2. The van der Waals surface area contributed by atoms with Crippen LogP contribution in [0.3, 0.4) is 0 Å². The van der Waals surface area contributed by atoms with Gasteiger partial charge in [-0.15, -0.1) is 11.3 Å². The predicted octanol–water partition coefficient (Wildman–Crippen LogP) is 1.77. The highest BCUT2D eigenvalue weighted by molar-refractivity contribution is 7.21. The molecule has 2 rings (SSSR count). The first-order chi connectivity index (χ1) is 9.17. The highest BCUT2D eigenvalue weighted by atomic mass is 32.1. The summed E-state index contributed by atoms with van der Waals surface area (Å²) in [7, 11) is 0. The minimum atomic E-state index is -0.181. The topological polar surface area (TPSA) is 88.2 Å². The third kappa shape index (κ3) is 2.85. The summed E-state index contributed by atoms with van der Waals surface area (Å²) in [5.74, 6) is -0.181. The standard InChI is InChI=1S/C13H17N3O2S/c1-2-8(4-6-17)16-13(18)12-11(14)9-3-5-15-7-10(9)19-12/h3,5,7-8,17H,2,4,6,14H2,1H3,(H,16,18). The van der Waals surface area contributed by atoms with Crippen LogP contribution in [0, 0.1) is 0 Å². The number of thiophene rings is 1. The van der Waals surface area contributed by atoms with Crippen LogP contribution in [-0.4, -0.2) is 28.6 Å². The molecule has 0 aliphatic rings. The van der Waals surface area contributed by atoms with Crippen LogP contribution in [0.5, 0.6) is 0 Å². The normalized spacial score (nSPS) is 12.5. The van der Waals surface area contributed by atoms with E-state index in [4.69, 9.17) is 10.8 Å². The van der Waals surface area contributed by atoms with Gasteiger partial charge in [-0.3, -0.25) is 9.78 Å². The van der Waals surface area contributed by atoms with Gasteiger partial charge in [-0.2, -0.15) is 0 Å². The molecule has 4 N–H and O–H groups in total. The number of carbonyl (C=O) groups is 1.